The van der Waals surface area contributed by atoms with Gasteiger partial charge in [-0.15, -0.1) is 0 Å². The zero-order valence-corrected chi connectivity index (χ0v) is 16.1. The van der Waals surface area contributed by atoms with Crippen molar-refractivity contribution in [2.24, 2.45) is 5.41 Å². The molecule has 1 fully saturated rings. The average molecular weight is 346 g/mol. The van der Waals surface area contributed by atoms with Gasteiger partial charge in [-0.3, -0.25) is 9.59 Å². The predicted molar refractivity (Wildman–Crippen MR) is 97.1 cm³/mol. The molecule has 1 heterocycles. The Labute approximate surface area is 150 Å². The number of rotatable bonds is 6. The molecule has 138 valence electrons. The highest BCUT2D eigenvalue weighted by Crippen LogP contribution is 2.38. The highest BCUT2D eigenvalue weighted by Gasteiger charge is 2.38. The summed E-state index contributed by atoms with van der Waals surface area (Å²) in [6, 6.07) is 8.64. The summed E-state index contributed by atoms with van der Waals surface area (Å²) in [5.74, 6) is -1.64. The van der Waals surface area contributed by atoms with Crippen LogP contribution >= 0.6 is 0 Å². The minimum absolute atomic E-state index is 0.232. The summed E-state index contributed by atoms with van der Waals surface area (Å²) in [7, 11) is 0. The first-order valence-electron chi connectivity index (χ1n) is 9.15. The molecule has 25 heavy (non-hydrogen) atoms. The molecule has 1 unspecified atom stereocenters. The van der Waals surface area contributed by atoms with Crippen LogP contribution in [-0.2, 0) is 25.5 Å². The maximum atomic E-state index is 11.5. The lowest BCUT2D eigenvalue weighted by molar-refractivity contribution is -0.239. The van der Waals surface area contributed by atoms with Gasteiger partial charge in [0.25, 0.3) is 5.79 Å². The molecule has 1 aliphatic rings. The summed E-state index contributed by atoms with van der Waals surface area (Å²) >= 11 is 0. The van der Waals surface area contributed by atoms with Gasteiger partial charge in [0.1, 0.15) is 6.42 Å². The number of hydrogen-bond acceptors (Lipinski definition) is 4. The lowest BCUT2D eigenvalue weighted by Crippen LogP contribution is -2.43. The standard InChI is InChI=1S/C21H30O4/c1-6-7-17(20(2,3)4)16-10-8-15(9-11-16)12-13-21(5)24-18(22)14-19(23)25-21/h8-11,17H,6-7,12-14H2,1-5H3. The number of ether oxygens (including phenoxy) is 2. The van der Waals surface area contributed by atoms with Crippen LogP contribution in [0, 0.1) is 5.41 Å². The van der Waals surface area contributed by atoms with Gasteiger partial charge >= 0.3 is 11.9 Å². The Morgan fingerprint density at radius 2 is 1.64 bits per heavy atom. The molecule has 1 aromatic rings. The Kier molecular flexibility index (Phi) is 5.91. The third-order valence-electron chi connectivity index (χ3n) is 4.82. The molecule has 4 heteroatoms. The topological polar surface area (TPSA) is 52.6 Å². The molecule has 0 radical (unpaired) electrons. The minimum Gasteiger partial charge on any atom is -0.422 e. The molecular weight excluding hydrogens is 316 g/mol. The van der Waals surface area contributed by atoms with Gasteiger partial charge < -0.3 is 9.47 Å². The Bertz CT molecular complexity index is 594. The van der Waals surface area contributed by atoms with E-state index in [0.717, 1.165) is 5.56 Å². The van der Waals surface area contributed by atoms with Crippen LogP contribution in [-0.4, -0.2) is 17.7 Å². The quantitative estimate of drug-likeness (QED) is 0.551. The van der Waals surface area contributed by atoms with Crippen molar-refractivity contribution in [2.75, 3.05) is 0 Å². The van der Waals surface area contributed by atoms with Crippen LogP contribution in [0.3, 0.4) is 0 Å². The third kappa shape index (κ3) is 5.32. The zero-order chi connectivity index (χ0) is 18.7. The summed E-state index contributed by atoms with van der Waals surface area (Å²) in [5, 5.41) is 0. The van der Waals surface area contributed by atoms with Crippen LogP contribution < -0.4 is 0 Å². The zero-order valence-electron chi connectivity index (χ0n) is 16.1. The molecule has 0 amide bonds. The number of carbonyl (C=O) groups is 2. The largest absolute Gasteiger partial charge is 0.422 e. The van der Waals surface area contributed by atoms with E-state index in [1.807, 2.05) is 0 Å². The second kappa shape index (κ2) is 7.59. The van der Waals surface area contributed by atoms with Crippen LogP contribution in [0.4, 0.5) is 0 Å². The fourth-order valence-corrected chi connectivity index (χ4v) is 3.47. The SMILES string of the molecule is CCCC(c1ccc(CCC2(C)OC(=O)CC(=O)O2)cc1)C(C)(C)C. The molecule has 0 spiro atoms. The molecular formula is C21H30O4. The van der Waals surface area contributed by atoms with Gasteiger partial charge in [0.15, 0.2) is 0 Å². The number of esters is 2. The van der Waals surface area contributed by atoms with Crippen molar-refractivity contribution in [3.63, 3.8) is 0 Å². The second-order valence-electron chi connectivity index (χ2n) is 8.21. The van der Waals surface area contributed by atoms with E-state index < -0.39 is 17.7 Å². The molecule has 0 saturated carbocycles. The molecule has 0 N–H and O–H groups in total. The number of aryl methyl sites for hydroxylation is 1. The highest BCUT2D eigenvalue weighted by molar-refractivity contribution is 5.93. The highest BCUT2D eigenvalue weighted by atomic mass is 16.7. The average Bonchev–Trinajstić information content (AvgIpc) is 2.49. The molecule has 0 aliphatic carbocycles. The normalized spacial score (nSPS) is 18.4. The third-order valence-corrected chi connectivity index (χ3v) is 4.82. The lowest BCUT2D eigenvalue weighted by Gasteiger charge is -2.32. The van der Waals surface area contributed by atoms with Crippen molar-refractivity contribution in [1.29, 1.82) is 0 Å². The van der Waals surface area contributed by atoms with Gasteiger partial charge in [0, 0.05) is 13.3 Å². The fourth-order valence-electron chi connectivity index (χ4n) is 3.47. The molecule has 2 rings (SSSR count). The van der Waals surface area contributed by atoms with Crippen molar-refractivity contribution in [1.82, 2.24) is 0 Å². The Hall–Kier alpha value is -1.84. The summed E-state index contributed by atoms with van der Waals surface area (Å²) in [6.07, 6.45) is 3.19. The van der Waals surface area contributed by atoms with E-state index in [1.54, 1.807) is 6.92 Å². The molecule has 0 aromatic heterocycles. The van der Waals surface area contributed by atoms with Gasteiger partial charge in [-0.2, -0.15) is 0 Å². The molecule has 4 nitrogen and oxygen atoms in total. The van der Waals surface area contributed by atoms with Crippen molar-refractivity contribution >= 4 is 11.9 Å². The monoisotopic (exact) mass is 346 g/mol. The van der Waals surface area contributed by atoms with E-state index in [-0.39, 0.29) is 11.8 Å². The number of cyclic esters (lactones) is 2. The molecule has 1 atom stereocenters. The van der Waals surface area contributed by atoms with Crippen molar-refractivity contribution in [3.05, 3.63) is 35.4 Å². The van der Waals surface area contributed by atoms with Crippen molar-refractivity contribution in [3.8, 4) is 0 Å². The number of benzene rings is 1. The first kappa shape index (κ1) is 19.5. The number of carbonyl (C=O) groups excluding carboxylic acids is 2. The summed E-state index contributed by atoms with van der Waals surface area (Å²) in [5.41, 5.74) is 2.74. The van der Waals surface area contributed by atoms with E-state index in [2.05, 4.69) is 52.0 Å². The van der Waals surface area contributed by atoms with E-state index in [9.17, 15) is 9.59 Å². The van der Waals surface area contributed by atoms with Crippen LogP contribution in [0.15, 0.2) is 24.3 Å². The minimum atomic E-state index is -1.15. The van der Waals surface area contributed by atoms with Gasteiger partial charge in [-0.25, -0.2) is 0 Å². The summed E-state index contributed by atoms with van der Waals surface area (Å²) in [4.78, 5) is 22.9. The van der Waals surface area contributed by atoms with Crippen molar-refractivity contribution < 1.29 is 19.1 Å². The van der Waals surface area contributed by atoms with Crippen LogP contribution in [0.5, 0.6) is 0 Å². The van der Waals surface area contributed by atoms with Gasteiger partial charge in [0.05, 0.1) is 0 Å². The van der Waals surface area contributed by atoms with E-state index in [1.165, 1.54) is 18.4 Å². The van der Waals surface area contributed by atoms with Crippen LogP contribution in [0.2, 0.25) is 0 Å². The maximum Gasteiger partial charge on any atom is 0.320 e. The van der Waals surface area contributed by atoms with E-state index >= 15 is 0 Å². The van der Waals surface area contributed by atoms with Crippen LogP contribution in [0.25, 0.3) is 0 Å². The van der Waals surface area contributed by atoms with E-state index in [4.69, 9.17) is 9.47 Å². The Morgan fingerprint density at radius 1 is 1.08 bits per heavy atom. The summed E-state index contributed by atoms with van der Waals surface area (Å²) in [6.45, 7) is 10.7. The fraction of sp³-hybridized carbons (Fsp3) is 0.619. The Balaban J connectivity index is 2.02. The van der Waals surface area contributed by atoms with Crippen LogP contribution in [0.1, 0.15) is 77.3 Å². The van der Waals surface area contributed by atoms with Crippen molar-refractivity contribution in [2.45, 2.75) is 78.4 Å². The van der Waals surface area contributed by atoms with Gasteiger partial charge in [-0.05, 0) is 35.3 Å². The van der Waals surface area contributed by atoms with Gasteiger partial charge in [-0.1, -0.05) is 58.4 Å². The molecule has 1 saturated heterocycles. The van der Waals surface area contributed by atoms with E-state index in [0.29, 0.717) is 18.8 Å². The molecule has 0 bridgehead atoms. The maximum absolute atomic E-state index is 11.5. The Morgan fingerprint density at radius 3 is 2.12 bits per heavy atom. The second-order valence-corrected chi connectivity index (χ2v) is 8.21. The van der Waals surface area contributed by atoms with Gasteiger partial charge in [0.2, 0.25) is 0 Å². The molecule has 1 aliphatic heterocycles. The molecule has 1 aromatic carbocycles. The summed E-state index contributed by atoms with van der Waals surface area (Å²) < 4.78 is 10.4. The first-order valence-corrected chi connectivity index (χ1v) is 9.15. The lowest BCUT2D eigenvalue weighted by atomic mass is 9.74. The smallest absolute Gasteiger partial charge is 0.320 e. The number of hydrogen-bond donors (Lipinski definition) is 0. The first-order chi connectivity index (χ1) is 11.6. The predicted octanol–water partition coefficient (Wildman–Crippen LogP) is 4.76.